The van der Waals surface area contributed by atoms with E-state index < -0.39 is 5.97 Å². The molecule has 2 fully saturated rings. The molecule has 0 aromatic carbocycles. The number of aliphatic carboxylic acids is 1. The summed E-state index contributed by atoms with van der Waals surface area (Å²) in [5, 5.41) is 9.08. The van der Waals surface area contributed by atoms with Crippen LogP contribution in [0.3, 0.4) is 0 Å². The third kappa shape index (κ3) is 4.65. The first-order valence-corrected chi connectivity index (χ1v) is 9.98. The van der Waals surface area contributed by atoms with Crippen LogP contribution in [0.1, 0.15) is 39.5 Å². The first-order valence-electron chi connectivity index (χ1n) is 8.82. The highest BCUT2D eigenvalue weighted by atomic mass is 32.2. The molecule has 7 heteroatoms. The number of amides is 2. The van der Waals surface area contributed by atoms with E-state index in [-0.39, 0.29) is 36.1 Å². The summed E-state index contributed by atoms with van der Waals surface area (Å²) in [5.41, 5.74) is 0. The molecule has 0 bridgehead atoms. The Bertz CT molecular complexity index is 485. The molecule has 2 heterocycles. The molecule has 2 rings (SSSR count). The number of likely N-dealkylation sites (tertiary alicyclic amines) is 1. The smallest absolute Gasteiger partial charge is 0.305 e. The van der Waals surface area contributed by atoms with Crippen LogP contribution in [0, 0.1) is 11.8 Å². The Morgan fingerprint density at radius 2 is 2.04 bits per heavy atom. The van der Waals surface area contributed by atoms with E-state index in [0.717, 1.165) is 31.6 Å². The highest BCUT2D eigenvalue weighted by Gasteiger charge is 2.36. The predicted octanol–water partition coefficient (Wildman–Crippen LogP) is 1.69. The van der Waals surface area contributed by atoms with Crippen LogP contribution in [-0.4, -0.2) is 69.9 Å². The molecule has 0 aromatic heterocycles. The zero-order valence-electron chi connectivity index (χ0n) is 14.6. The van der Waals surface area contributed by atoms with E-state index in [2.05, 4.69) is 0 Å². The quantitative estimate of drug-likeness (QED) is 0.811. The van der Waals surface area contributed by atoms with Gasteiger partial charge in [-0.1, -0.05) is 13.8 Å². The van der Waals surface area contributed by atoms with Gasteiger partial charge in [0.2, 0.25) is 11.8 Å². The minimum absolute atomic E-state index is 0.000966. The molecule has 0 spiro atoms. The molecule has 3 atom stereocenters. The van der Waals surface area contributed by atoms with Crippen molar-refractivity contribution < 1.29 is 19.5 Å². The molecule has 2 aliphatic rings. The van der Waals surface area contributed by atoms with Crippen molar-refractivity contribution >= 4 is 29.5 Å². The van der Waals surface area contributed by atoms with Crippen LogP contribution >= 0.6 is 11.8 Å². The topological polar surface area (TPSA) is 77.9 Å². The van der Waals surface area contributed by atoms with Crippen molar-refractivity contribution in [3.8, 4) is 0 Å². The molecule has 1 N–H and O–H groups in total. The van der Waals surface area contributed by atoms with Gasteiger partial charge in [-0.2, -0.15) is 11.8 Å². The standard InChI is InChI=1S/C17H28N2O4S/c1-3-12(2)16(22)18-6-4-5-13(10-18)17(23)19-7-8-24-11-14(19)9-15(20)21/h12-14H,3-11H2,1-2H3,(H,20,21). The van der Waals surface area contributed by atoms with Gasteiger partial charge in [0, 0.05) is 37.1 Å². The molecule has 136 valence electrons. The van der Waals surface area contributed by atoms with E-state index in [9.17, 15) is 14.4 Å². The van der Waals surface area contributed by atoms with E-state index in [1.54, 1.807) is 16.7 Å². The molecular formula is C17H28N2O4S. The molecular weight excluding hydrogens is 328 g/mol. The summed E-state index contributed by atoms with van der Waals surface area (Å²) in [6.45, 7) is 5.74. The van der Waals surface area contributed by atoms with E-state index in [1.807, 2.05) is 18.7 Å². The Hall–Kier alpha value is -1.24. The van der Waals surface area contributed by atoms with Gasteiger partial charge in [-0.3, -0.25) is 14.4 Å². The van der Waals surface area contributed by atoms with Crippen LogP contribution in [-0.2, 0) is 14.4 Å². The van der Waals surface area contributed by atoms with Crippen molar-refractivity contribution in [3.63, 3.8) is 0 Å². The van der Waals surface area contributed by atoms with E-state index in [1.165, 1.54) is 0 Å². The number of hydrogen-bond donors (Lipinski definition) is 1. The van der Waals surface area contributed by atoms with E-state index >= 15 is 0 Å². The van der Waals surface area contributed by atoms with Gasteiger partial charge >= 0.3 is 5.97 Å². The monoisotopic (exact) mass is 356 g/mol. The van der Waals surface area contributed by atoms with E-state index in [4.69, 9.17) is 5.11 Å². The van der Waals surface area contributed by atoms with Crippen molar-refractivity contribution in [2.75, 3.05) is 31.1 Å². The lowest BCUT2D eigenvalue weighted by Crippen LogP contribution is -2.53. The van der Waals surface area contributed by atoms with Crippen molar-refractivity contribution in [1.29, 1.82) is 0 Å². The summed E-state index contributed by atoms with van der Waals surface area (Å²) < 4.78 is 0. The third-order valence-electron chi connectivity index (χ3n) is 5.04. The lowest BCUT2D eigenvalue weighted by atomic mass is 9.94. The summed E-state index contributed by atoms with van der Waals surface area (Å²) in [7, 11) is 0. The maximum Gasteiger partial charge on any atom is 0.305 e. The van der Waals surface area contributed by atoms with Crippen molar-refractivity contribution in [3.05, 3.63) is 0 Å². The Balaban J connectivity index is 2.02. The van der Waals surface area contributed by atoms with Gasteiger partial charge in [-0.15, -0.1) is 0 Å². The van der Waals surface area contributed by atoms with Gasteiger partial charge < -0.3 is 14.9 Å². The fraction of sp³-hybridized carbons (Fsp3) is 0.824. The molecule has 24 heavy (non-hydrogen) atoms. The van der Waals surface area contributed by atoms with Crippen molar-refractivity contribution in [2.24, 2.45) is 11.8 Å². The number of hydrogen-bond acceptors (Lipinski definition) is 4. The van der Waals surface area contributed by atoms with E-state index in [0.29, 0.717) is 18.8 Å². The maximum atomic E-state index is 12.9. The molecule has 0 aliphatic carbocycles. The second-order valence-electron chi connectivity index (χ2n) is 6.79. The molecule has 2 saturated heterocycles. The van der Waals surface area contributed by atoms with Gasteiger partial charge in [0.05, 0.1) is 18.4 Å². The highest BCUT2D eigenvalue weighted by molar-refractivity contribution is 7.99. The average Bonchev–Trinajstić information content (AvgIpc) is 2.60. The molecule has 2 amide bonds. The van der Waals surface area contributed by atoms with Gasteiger partial charge in [0.25, 0.3) is 0 Å². The Morgan fingerprint density at radius 1 is 1.29 bits per heavy atom. The van der Waals surface area contributed by atoms with Gasteiger partial charge in [0.15, 0.2) is 0 Å². The van der Waals surface area contributed by atoms with Crippen LogP contribution < -0.4 is 0 Å². The van der Waals surface area contributed by atoms with Crippen molar-refractivity contribution in [1.82, 2.24) is 9.80 Å². The molecule has 0 saturated carbocycles. The summed E-state index contributed by atoms with van der Waals surface area (Å²) in [6, 6.07) is -0.227. The number of rotatable bonds is 5. The van der Waals surface area contributed by atoms with Gasteiger partial charge in [-0.25, -0.2) is 0 Å². The van der Waals surface area contributed by atoms with Crippen LogP contribution in [0.15, 0.2) is 0 Å². The average molecular weight is 356 g/mol. The predicted molar refractivity (Wildman–Crippen MR) is 93.8 cm³/mol. The number of carboxylic acids is 1. The molecule has 2 aliphatic heterocycles. The molecule has 3 unspecified atom stereocenters. The Labute approximate surface area is 147 Å². The summed E-state index contributed by atoms with van der Waals surface area (Å²) >= 11 is 1.70. The van der Waals surface area contributed by atoms with Gasteiger partial charge in [0.1, 0.15) is 0 Å². The number of carbonyl (C=O) groups is 3. The second kappa shape index (κ2) is 8.74. The summed E-state index contributed by atoms with van der Waals surface area (Å²) in [6.07, 6.45) is 2.43. The number of carbonyl (C=O) groups excluding carboxylic acids is 2. The number of carboxylic acid groups (broad SMARTS) is 1. The van der Waals surface area contributed by atoms with Crippen LogP contribution in [0.2, 0.25) is 0 Å². The first kappa shape index (κ1) is 19.1. The minimum Gasteiger partial charge on any atom is -0.481 e. The number of thioether (sulfide) groups is 1. The normalized spacial score (nSPS) is 26.1. The Kier molecular flexibility index (Phi) is 6.95. The zero-order chi connectivity index (χ0) is 17.7. The fourth-order valence-corrected chi connectivity index (χ4v) is 4.48. The fourth-order valence-electron chi connectivity index (χ4n) is 3.42. The minimum atomic E-state index is -0.863. The zero-order valence-corrected chi connectivity index (χ0v) is 15.4. The Morgan fingerprint density at radius 3 is 2.71 bits per heavy atom. The van der Waals surface area contributed by atoms with Gasteiger partial charge in [-0.05, 0) is 19.3 Å². The van der Waals surface area contributed by atoms with Crippen LogP contribution in [0.4, 0.5) is 0 Å². The highest BCUT2D eigenvalue weighted by Crippen LogP contribution is 2.26. The second-order valence-corrected chi connectivity index (χ2v) is 7.94. The van der Waals surface area contributed by atoms with Crippen LogP contribution in [0.25, 0.3) is 0 Å². The first-order chi connectivity index (χ1) is 11.4. The number of nitrogens with zero attached hydrogens (tertiary/aromatic N) is 2. The summed E-state index contributed by atoms with van der Waals surface area (Å²) in [5.74, 6) is 0.632. The summed E-state index contributed by atoms with van der Waals surface area (Å²) in [4.78, 5) is 40.0. The maximum absolute atomic E-state index is 12.9. The molecule has 6 nitrogen and oxygen atoms in total. The van der Waals surface area contributed by atoms with Crippen LogP contribution in [0.5, 0.6) is 0 Å². The van der Waals surface area contributed by atoms with Crippen molar-refractivity contribution in [2.45, 2.75) is 45.6 Å². The third-order valence-corrected chi connectivity index (χ3v) is 6.13. The SMILES string of the molecule is CCC(C)C(=O)N1CCCC(C(=O)N2CCSCC2CC(=O)O)C1. The lowest BCUT2D eigenvalue weighted by molar-refractivity contribution is -0.145. The number of piperidine rings is 1. The largest absolute Gasteiger partial charge is 0.481 e. The molecule has 0 aromatic rings. The molecule has 0 radical (unpaired) electrons. The lowest BCUT2D eigenvalue weighted by Gasteiger charge is -2.40.